The average molecular weight is 308 g/mol. The quantitative estimate of drug-likeness (QED) is 0.332. The van der Waals surface area contributed by atoms with Crippen molar-refractivity contribution in [1.29, 1.82) is 0 Å². The molecule has 0 radical (unpaired) electrons. The lowest BCUT2D eigenvalue weighted by Gasteiger charge is -2.26. The predicted molar refractivity (Wildman–Crippen MR) is 102 cm³/mol. The van der Waals surface area contributed by atoms with Crippen LogP contribution in [0.1, 0.15) is 69.2 Å². The van der Waals surface area contributed by atoms with Crippen LogP contribution in [0.4, 0.5) is 0 Å². The van der Waals surface area contributed by atoms with Gasteiger partial charge in [0.25, 0.3) is 0 Å². The fourth-order valence-corrected chi connectivity index (χ4v) is 3.65. The smallest absolute Gasteiger partial charge is 0.0750 e. The molecule has 2 rings (SSSR count). The SMILES string of the molecule is CC1=C(C)[C+](C)C(C)=C(C)C1=C=C1C(C)=C(C)C(C)C(C)=C1C. The van der Waals surface area contributed by atoms with E-state index in [4.69, 9.17) is 0 Å². The summed E-state index contributed by atoms with van der Waals surface area (Å²) in [7, 11) is 0. The Bertz CT molecular complexity index is 632. The first-order valence-electron chi connectivity index (χ1n) is 8.65. The lowest BCUT2D eigenvalue weighted by molar-refractivity contribution is 0.761. The van der Waals surface area contributed by atoms with E-state index in [1.165, 1.54) is 61.6 Å². The summed E-state index contributed by atoms with van der Waals surface area (Å²) in [5.41, 5.74) is 17.7. The van der Waals surface area contributed by atoms with Gasteiger partial charge in [0.05, 0.1) is 28.2 Å². The minimum Gasteiger partial charge on any atom is -0.0750 e. The molecule has 0 N–H and O–H groups in total. The van der Waals surface area contributed by atoms with Crippen molar-refractivity contribution in [2.75, 3.05) is 0 Å². The van der Waals surface area contributed by atoms with Gasteiger partial charge < -0.3 is 0 Å². The van der Waals surface area contributed by atoms with Gasteiger partial charge in [-0.25, -0.2) is 0 Å². The third kappa shape index (κ3) is 2.70. The summed E-state index contributed by atoms with van der Waals surface area (Å²) in [6.07, 6.45) is 0. The van der Waals surface area contributed by atoms with E-state index in [9.17, 15) is 0 Å². The summed E-state index contributed by atoms with van der Waals surface area (Å²) < 4.78 is 0. The average Bonchev–Trinajstić information content (AvgIpc) is 2.54. The highest BCUT2D eigenvalue weighted by atomic mass is 14.3. The monoisotopic (exact) mass is 307 g/mol. The molecule has 0 amide bonds. The Hall–Kier alpha value is -1.65. The van der Waals surface area contributed by atoms with Gasteiger partial charge in [-0.3, -0.25) is 0 Å². The number of hydrogen-bond donors (Lipinski definition) is 0. The highest BCUT2D eigenvalue weighted by molar-refractivity contribution is 5.63. The lowest BCUT2D eigenvalue weighted by atomic mass is 9.76. The van der Waals surface area contributed by atoms with Crippen LogP contribution in [-0.4, -0.2) is 0 Å². The van der Waals surface area contributed by atoms with E-state index in [1.807, 2.05) is 0 Å². The maximum Gasteiger partial charge on any atom is 0.132 e. The van der Waals surface area contributed by atoms with Gasteiger partial charge in [0.1, 0.15) is 5.57 Å². The second-order valence-corrected chi connectivity index (χ2v) is 7.34. The van der Waals surface area contributed by atoms with Gasteiger partial charge in [-0.2, -0.15) is 0 Å². The predicted octanol–water partition coefficient (Wildman–Crippen LogP) is 7.04. The summed E-state index contributed by atoms with van der Waals surface area (Å²) >= 11 is 0. The molecule has 122 valence electrons. The summed E-state index contributed by atoms with van der Waals surface area (Å²) in [5, 5.41) is 0. The standard InChI is InChI=1S/C23H31/c1-12-14(3)18(7)22(19(8)15(12)4)11-23-20(9)16(5)13(2)17(6)21(23)10/h12H,1-10H3/q+1. The zero-order chi connectivity index (χ0) is 17.6. The Labute approximate surface area is 143 Å². The molecule has 2 aliphatic carbocycles. The zero-order valence-corrected chi connectivity index (χ0v) is 16.6. The van der Waals surface area contributed by atoms with E-state index in [0.717, 1.165) is 0 Å². The summed E-state index contributed by atoms with van der Waals surface area (Å²) in [6, 6.07) is 0. The van der Waals surface area contributed by atoms with Crippen molar-refractivity contribution in [2.24, 2.45) is 5.92 Å². The molecule has 0 saturated carbocycles. The molecule has 0 unspecified atom stereocenters. The molecule has 0 aliphatic heterocycles. The van der Waals surface area contributed by atoms with Crippen molar-refractivity contribution in [3.8, 4) is 0 Å². The van der Waals surface area contributed by atoms with Crippen LogP contribution in [0, 0.1) is 11.8 Å². The summed E-state index contributed by atoms with van der Waals surface area (Å²) in [6.45, 7) is 22.5. The first-order valence-corrected chi connectivity index (χ1v) is 8.65. The largest absolute Gasteiger partial charge is 0.132 e. The molecule has 0 fully saturated rings. The van der Waals surface area contributed by atoms with E-state index in [2.05, 4.69) is 75.0 Å². The maximum absolute atomic E-state index is 3.81. The van der Waals surface area contributed by atoms with Crippen LogP contribution in [0.15, 0.2) is 61.5 Å². The molecule has 0 spiro atoms. The second-order valence-electron chi connectivity index (χ2n) is 7.34. The molecule has 0 bridgehead atoms. The van der Waals surface area contributed by atoms with E-state index in [0.29, 0.717) is 5.92 Å². The maximum atomic E-state index is 3.81. The third-order valence-corrected chi connectivity index (χ3v) is 6.48. The molecule has 0 heteroatoms. The zero-order valence-electron chi connectivity index (χ0n) is 16.6. The van der Waals surface area contributed by atoms with E-state index in [1.54, 1.807) is 0 Å². The molecule has 0 heterocycles. The van der Waals surface area contributed by atoms with Crippen molar-refractivity contribution in [2.45, 2.75) is 69.2 Å². The van der Waals surface area contributed by atoms with Crippen molar-refractivity contribution in [3.05, 3.63) is 67.4 Å². The van der Waals surface area contributed by atoms with Crippen LogP contribution in [-0.2, 0) is 0 Å². The van der Waals surface area contributed by atoms with Gasteiger partial charge in [-0.1, -0.05) is 23.8 Å². The molecule has 0 aromatic carbocycles. The molecule has 0 saturated heterocycles. The Morgan fingerprint density at radius 3 is 1.39 bits per heavy atom. The Balaban J connectivity index is 2.84. The minimum absolute atomic E-state index is 0.546. The van der Waals surface area contributed by atoms with Gasteiger partial charge >= 0.3 is 0 Å². The second kappa shape index (κ2) is 6.10. The summed E-state index contributed by atoms with van der Waals surface area (Å²) in [5.74, 6) is 1.96. The van der Waals surface area contributed by atoms with Crippen molar-refractivity contribution in [1.82, 2.24) is 0 Å². The van der Waals surface area contributed by atoms with Crippen molar-refractivity contribution in [3.63, 3.8) is 0 Å². The van der Waals surface area contributed by atoms with Crippen LogP contribution in [0.25, 0.3) is 0 Å². The number of allylic oxidation sites excluding steroid dienone is 9. The topological polar surface area (TPSA) is 0 Å². The third-order valence-electron chi connectivity index (χ3n) is 6.48. The first kappa shape index (κ1) is 17.7. The molecular weight excluding hydrogens is 276 g/mol. The fraction of sp³-hybridized carbons (Fsp3) is 0.478. The fourth-order valence-electron chi connectivity index (χ4n) is 3.65. The van der Waals surface area contributed by atoms with E-state index >= 15 is 0 Å². The van der Waals surface area contributed by atoms with Crippen LogP contribution in [0.3, 0.4) is 0 Å². The number of hydrogen-bond acceptors (Lipinski definition) is 0. The van der Waals surface area contributed by atoms with Crippen LogP contribution >= 0.6 is 0 Å². The van der Waals surface area contributed by atoms with Gasteiger partial charge in [-0.05, 0) is 58.6 Å². The normalized spacial score (nSPS) is 23.4. The van der Waals surface area contributed by atoms with Gasteiger partial charge in [0.15, 0.2) is 0 Å². The van der Waals surface area contributed by atoms with E-state index < -0.39 is 0 Å². The molecule has 23 heavy (non-hydrogen) atoms. The Kier molecular flexibility index (Phi) is 4.69. The number of rotatable bonds is 0. The highest BCUT2D eigenvalue weighted by Crippen LogP contribution is 2.41. The first-order chi connectivity index (χ1) is 10.6. The molecule has 0 atom stereocenters. The van der Waals surface area contributed by atoms with Crippen LogP contribution in [0.2, 0.25) is 0 Å². The van der Waals surface area contributed by atoms with Gasteiger partial charge in [0.2, 0.25) is 0 Å². The van der Waals surface area contributed by atoms with Crippen molar-refractivity contribution < 1.29 is 0 Å². The molecule has 0 aromatic rings. The molecule has 2 aliphatic rings. The molecular formula is C23H31+. The Morgan fingerprint density at radius 1 is 0.652 bits per heavy atom. The van der Waals surface area contributed by atoms with Crippen LogP contribution < -0.4 is 0 Å². The van der Waals surface area contributed by atoms with E-state index in [-0.39, 0.29) is 0 Å². The lowest BCUT2D eigenvalue weighted by Crippen LogP contribution is -2.12. The minimum atomic E-state index is 0.546. The summed E-state index contributed by atoms with van der Waals surface area (Å²) in [4.78, 5) is 0. The Morgan fingerprint density at radius 2 is 1.00 bits per heavy atom. The van der Waals surface area contributed by atoms with Gasteiger partial charge in [-0.15, -0.1) is 0 Å². The highest BCUT2D eigenvalue weighted by Gasteiger charge is 2.31. The molecule has 0 nitrogen and oxygen atoms in total. The van der Waals surface area contributed by atoms with Crippen LogP contribution in [0.5, 0.6) is 0 Å². The van der Waals surface area contributed by atoms with Crippen molar-refractivity contribution >= 4 is 0 Å². The van der Waals surface area contributed by atoms with Gasteiger partial charge in [0, 0.05) is 26.3 Å². The molecule has 0 aromatic heterocycles.